The first kappa shape index (κ1) is 17.1. The number of benzene rings is 2. The Morgan fingerprint density at radius 2 is 2.00 bits per heavy atom. The van der Waals surface area contributed by atoms with E-state index in [0.717, 1.165) is 41.6 Å². The van der Waals surface area contributed by atoms with Crippen molar-refractivity contribution in [3.8, 4) is 11.4 Å². The zero-order valence-corrected chi connectivity index (χ0v) is 15.4. The second-order valence-corrected chi connectivity index (χ2v) is 7.09. The third kappa shape index (κ3) is 3.08. The molecule has 7 nitrogen and oxygen atoms in total. The molecule has 2 aromatic carbocycles. The van der Waals surface area contributed by atoms with E-state index in [0.29, 0.717) is 19.8 Å². The first-order valence-corrected chi connectivity index (χ1v) is 9.49. The lowest BCUT2D eigenvalue weighted by molar-refractivity contribution is -0.117. The quantitative estimate of drug-likeness (QED) is 0.734. The zero-order chi connectivity index (χ0) is 18.9. The first-order valence-electron chi connectivity index (χ1n) is 9.49. The summed E-state index contributed by atoms with van der Waals surface area (Å²) in [5, 5.41) is 14.9. The number of nitrogens with zero attached hydrogens (tertiary/aromatic N) is 3. The molecule has 0 saturated carbocycles. The number of ether oxygens (including phenoxy) is 1. The van der Waals surface area contributed by atoms with Crippen molar-refractivity contribution in [2.75, 3.05) is 18.5 Å². The highest BCUT2D eigenvalue weighted by atomic mass is 16.5. The van der Waals surface area contributed by atoms with Crippen LogP contribution in [0.4, 0.5) is 5.69 Å². The molecule has 2 aliphatic heterocycles. The molecule has 2 aliphatic rings. The van der Waals surface area contributed by atoms with Crippen molar-refractivity contribution in [2.45, 2.75) is 25.6 Å². The molecule has 0 spiro atoms. The fourth-order valence-electron chi connectivity index (χ4n) is 3.87. The summed E-state index contributed by atoms with van der Waals surface area (Å²) in [6.45, 7) is 3.38. The molecule has 0 radical (unpaired) electrons. The Hall–Kier alpha value is -3.03. The third-order valence-electron chi connectivity index (χ3n) is 5.34. The largest absolute Gasteiger partial charge is 0.372 e. The minimum absolute atomic E-state index is 0.00408. The highest BCUT2D eigenvalue weighted by molar-refractivity contribution is 5.96. The van der Waals surface area contributed by atoms with Gasteiger partial charge in [0.25, 0.3) is 0 Å². The second-order valence-electron chi connectivity index (χ2n) is 7.09. The average molecular weight is 375 g/mol. The lowest BCUT2D eigenvalue weighted by Crippen LogP contribution is -2.35. The van der Waals surface area contributed by atoms with Crippen molar-refractivity contribution in [3.05, 3.63) is 65.5 Å². The lowest BCUT2D eigenvalue weighted by Gasteiger charge is -2.25. The molecule has 3 heterocycles. The van der Waals surface area contributed by atoms with E-state index in [1.54, 1.807) is 0 Å². The molecule has 1 atom stereocenters. The van der Waals surface area contributed by atoms with E-state index in [9.17, 15) is 4.79 Å². The predicted octanol–water partition coefficient (Wildman–Crippen LogP) is 2.30. The maximum absolute atomic E-state index is 12.8. The van der Waals surface area contributed by atoms with Crippen LogP contribution in [-0.4, -0.2) is 33.8 Å². The summed E-state index contributed by atoms with van der Waals surface area (Å²) in [6, 6.07) is 15.9. The maximum Gasteiger partial charge on any atom is 0.233 e. The Bertz CT molecular complexity index is 1010. The molecule has 0 bridgehead atoms. The van der Waals surface area contributed by atoms with Gasteiger partial charge in [-0.15, -0.1) is 10.2 Å². The van der Waals surface area contributed by atoms with Crippen LogP contribution < -0.4 is 10.6 Å². The molecule has 7 heteroatoms. The normalized spacial score (nSPS) is 18.2. The third-order valence-corrected chi connectivity index (χ3v) is 5.34. The molecule has 28 heavy (non-hydrogen) atoms. The van der Waals surface area contributed by atoms with Gasteiger partial charge in [-0.25, -0.2) is 0 Å². The van der Waals surface area contributed by atoms with Crippen LogP contribution >= 0.6 is 0 Å². The maximum atomic E-state index is 12.8. The van der Waals surface area contributed by atoms with Gasteiger partial charge in [0.05, 0.1) is 12.5 Å². The summed E-state index contributed by atoms with van der Waals surface area (Å²) in [7, 11) is 0. The summed E-state index contributed by atoms with van der Waals surface area (Å²) >= 11 is 0. The number of aromatic nitrogens is 3. The number of hydrogen-bond acceptors (Lipinski definition) is 5. The van der Waals surface area contributed by atoms with E-state index < -0.39 is 0 Å². The fourth-order valence-corrected chi connectivity index (χ4v) is 3.87. The van der Waals surface area contributed by atoms with E-state index in [-0.39, 0.29) is 11.8 Å². The van der Waals surface area contributed by atoms with Gasteiger partial charge in [0.1, 0.15) is 6.61 Å². The molecule has 0 fully saturated rings. The van der Waals surface area contributed by atoms with Crippen molar-refractivity contribution in [1.82, 2.24) is 20.1 Å². The van der Waals surface area contributed by atoms with Gasteiger partial charge in [-0.2, -0.15) is 0 Å². The first-order chi connectivity index (χ1) is 13.8. The van der Waals surface area contributed by atoms with Gasteiger partial charge in [0.15, 0.2) is 11.6 Å². The van der Waals surface area contributed by atoms with E-state index in [1.807, 2.05) is 42.5 Å². The second kappa shape index (κ2) is 7.18. The predicted molar refractivity (Wildman–Crippen MR) is 105 cm³/mol. The monoisotopic (exact) mass is 375 g/mol. The van der Waals surface area contributed by atoms with Crippen LogP contribution in [0.2, 0.25) is 0 Å². The standard InChI is InChI=1S/C21H21N5O2/c27-21(18-12-22-11-15-3-1-2-4-17(15)18)23-16-7-5-14(6-8-16)20-25-24-19-13-28-10-9-26(19)20/h1-8,18,22H,9-13H2,(H,23,27). The fraction of sp³-hybridized carbons (Fsp3) is 0.286. The van der Waals surface area contributed by atoms with Crippen LogP contribution in [-0.2, 0) is 29.2 Å². The number of carbonyl (C=O) groups excluding carboxylic acids is 1. The van der Waals surface area contributed by atoms with Crippen molar-refractivity contribution in [2.24, 2.45) is 0 Å². The van der Waals surface area contributed by atoms with Gasteiger partial charge >= 0.3 is 0 Å². The molecule has 1 unspecified atom stereocenters. The molecule has 1 aromatic heterocycles. The minimum atomic E-state index is -0.187. The molecule has 142 valence electrons. The smallest absolute Gasteiger partial charge is 0.233 e. The zero-order valence-electron chi connectivity index (χ0n) is 15.4. The summed E-state index contributed by atoms with van der Waals surface area (Å²) in [4.78, 5) is 12.8. The molecular formula is C21H21N5O2. The molecule has 0 saturated heterocycles. The van der Waals surface area contributed by atoms with Crippen LogP contribution in [0.15, 0.2) is 48.5 Å². The minimum Gasteiger partial charge on any atom is -0.372 e. The van der Waals surface area contributed by atoms with Gasteiger partial charge in [0.2, 0.25) is 5.91 Å². The highest BCUT2D eigenvalue weighted by Gasteiger charge is 2.26. The number of amides is 1. The Labute approximate surface area is 162 Å². The topological polar surface area (TPSA) is 81.1 Å². The van der Waals surface area contributed by atoms with Crippen LogP contribution in [0.5, 0.6) is 0 Å². The number of hydrogen-bond donors (Lipinski definition) is 2. The number of nitrogens with one attached hydrogen (secondary N) is 2. The van der Waals surface area contributed by atoms with Crippen LogP contribution in [0.1, 0.15) is 22.9 Å². The van der Waals surface area contributed by atoms with Gasteiger partial charge in [-0.1, -0.05) is 24.3 Å². The number of fused-ring (bicyclic) bond motifs is 2. The average Bonchev–Trinajstić information content (AvgIpc) is 3.18. The number of rotatable bonds is 3. The molecule has 0 aliphatic carbocycles. The van der Waals surface area contributed by atoms with E-state index in [1.165, 1.54) is 5.56 Å². The van der Waals surface area contributed by atoms with E-state index in [4.69, 9.17) is 4.74 Å². The molecule has 3 aromatic rings. The van der Waals surface area contributed by atoms with Crippen LogP contribution in [0.3, 0.4) is 0 Å². The Kier molecular flexibility index (Phi) is 4.38. The summed E-state index contributed by atoms with van der Waals surface area (Å²) in [5.41, 5.74) is 4.04. The lowest BCUT2D eigenvalue weighted by atomic mass is 9.90. The molecular weight excluding hydrogens is 354 g/mol. The highest BCUT2D eigenvalue weighted by Crippen LogP contribution is 2.26. The van der Waals surface area contributed by atoms with Gasteiger partial charge in [0, 0.05) is 30.9 Å². The van der Waals surface area contributed by atoms with Crippen LogP contribution in [0.25, 0.3) is 11.4 Å². The Balaban J connectivity index is 1.33. The van der Waals surface area contributed by atoms with Crippen LogP contribution in [0, 0.1) is 0 Å². The Morgan fingerprint density at radius 1 is 1.14 bits per heavy atom. The van der Waals surface area contributed by atoms with Gasteiger partial charge < -0.3 is 19.9 Å². The summed E-state index contributed by atoms with van der Waals surface area (Å²) < 4.78 is 7.50. The van der Waals surface area contributed by atoms with Gasteiger partial charge in [-0.05, 0) is 35.4 Å². The molecule has 5 rings (SSSR count). The van der Waals surface area contributed by atoms with E-state index in [2.05, 4.69) is 31.5 Å². The van der Waals surface area contributed by atoms with Crippen molar-refractivity contribution in [1.29, 1.82) is 0 Å². The SMILES string of the molecule is O=C(Nc1ccc(-c2nnc3n2CCOC3)cc1)C1CNCc2ccccc21. The summed E-state index contributed by atoms with van der Waals surface area (Å²) in [6.07, 6.45) is 0. The number of carbonyl (C=O) groups is 1. The molecule has 1 amide bonds. The van der Waals surface area contributed by atoms with Crippen molar-refractivity contribution in [3.63, 3.8) is 0 Å². The van der Waals surface area contributed by atoms with Gasteiger partial charge in [-0.3, -0.25) is 4.79 Å². The Morgan fingerprint density at radius 3 is 2.89 bits per heavy atom. The van der Waals surface area contributed by atoms with Crippen molar-refractivity contribution >= 4 is 11.6 Å². The summed E-state index contributed by atoms with van der Waals surface area (Å²) in [5.74, 6) is 1.50. The molecule has 2 N–H and O–H groups in total. The van der Waals surface area contributed by atoms with Crippen molar-refractivity contribution < 1.29 is 9.53 Å². The van der Waals surface area contributed by atoms with E-state index >= 15 is 0 Å². The number of anilines is 1.